The molecule has 2 fully saturated rings. The van der Waals surface area contributed by atoms with E-state index in [2.05, 4.69) is 31.4 Å². The van der Waals surface area contributed by atoms with Crippen molar-refractivity contribution in [3.05, 3.63) is 0 Å². The normalized spacial score (nSPS) is 34.1. The van der Waals surface area contributed by atoms with Crippen molar-refractivity contribution in [1.82, 2.24) is 15.5 Å². The predicted octanol–water partition coefficient (Wildman–Crippen LogP) is 0.337. The first-order valence-electron chi connectivity index (χ1n) is 6.29. The molecule has 4 nitrogen and oxygen atoms in total. The summed E-state index contributed by atoms with van der Waals surface area (Å²) in [4.78, 5) is 14.4. The number of hydrogen-bond acceptors (Lipinski definition) is 3. The van der Waals surface area contributed by atoms with Crippen molar-refractivity contribution in [2.24, 2.45) is 0 Å². The Kier molecular flexibility index (Phi) is 3.22. The third-order valence-electron chi connectivity index (χ3n) is 3.81. The first kappa shape index (κ1) is 11.9. The molecule has 2 rings (SSSR count). The van der Waals surface area contributed by atoms with Gasteiger partial charge in [-0.1, -0.05) is 0 Å². The molecular weight excluding hydrogens is 202 g/mol. The molecule has 2 unspecified atom stereocenters. The van der Waals surface area contributed by atoms with Gasteiger partial charge in [0.2, 0.25) is 5.91 Å². The van der Waals surface area contributed by atoms with Crippen molar-refractivity contribution in [2.45, 2.75) is 51.2 Å². The molecule has 92 valence electrons. The van der Waals surface area contributed by atoms with Gasteiger partial charge in [-0.2, -0.15) is 0 Å². The van der Waals surface area contributed by atoms with Crippen LogP contribution in [-0.4, -0.2) is 48.1 Å². The first-order chi connectivity index (χ1) is 7.50. The molecule has 2 aliphatic heterocycles. The van der Waals surface area contributed by atoms with E-state index in [4.69, 9.17) is 0 Å². The van der Waals surface area contributed by atoms with Gasteiger partial charge >= 0.3 is 0 Å². The highest BCUT2D eigenvalue weighted by Crippen LogP contribution is 2.28. The van der Waals surface area contributed by atoms with Crippen LogP contribution in [0.4, 0.5) is 0 Å². The largest absolute Gasteiger partial charge is 0.336 e. The highest BCUT2D eigenvalue weighted by Gasteiger charge is 2.38. The Morgan fingerprint density at radius 2 is 2.06 bits per heavy atom. The summed E-state index contributed by atoms with van der Waals surface area (Å²) in [6, 6.07) is 0.434. The fourth-order valence-electron chi connectivity index (χ4n) is 2.66. The van der Waals surface area contributed by atoms with Gasteiger partial charge in [-0.25, -0.2) is 0 Å². The summed E-state index contributed by atoms with van der Waals surface area (Å²) < 4.78 is 0. The molecule has 2 saturated heterocycles. The standard InChI is InChI=1S/C12H23N3O/c1-9-7-14-10(8-13-9)11(16)15-6-4-5-12(15,2)3/h9-10,13-14H,4-8H2,1-3H3. The fraction of sp³-hybridized carbons (Fsp3) is 0.917. The second-order valence-corrected chi connectivity index (χ2v) is 5.68. The molecule has 0 aromatic rings. The van der Waals surface area contributed by atoms with Gasteiger partial charge in [-0.05, 0) is 33.6 Å². The molecule has 0 aliphatic carbocycles. The van der Waals surface area contributed by atoms with Crippen LogP contribution in [0.15, 0.2) is 0 Å². The molecule has 2 N–H and O–H groups in total. The first-order valence-corrected chi connectivity index (χ1v) is 6.29. The van der Waals surface area contributed by atoms with Crippen LogP contribution in [0.1, 0.15) is 33.6 Å². The molecule has 1 amide bonds. The van der Waals surface area contributed by atoms with Crippen LogP contribution < -0.4 is 10.6 Å². The smallest absolute Gasteiger partial charge is 0.241 e. The van der Waals surface area contributed by atoms with Crippen molar-refractivity contribution < 1.29 is 4.79 Å². The minimum absolute atomic E-state index is 0.0337. The summed E-state index contributed by atoms with van der Waals surface area (Å²) in [5.74, 6) is 0.266. The topological polar surface area (TPSA) is 44.4 Å². The molecule has 0 bridgehead atoms. The van der Waals surface area contributed by atoms with E-state index < -0.39 is 0 Å². The number of likely N-dealkylation sites (tertiary alicyclic amines) is 1. The van der Waals surface area contributed by atoms with Crippen LogP contribution in [0, 0.1) is 0 Å². The highest BCUT2D eigenvalue weighted by atomic mass is 16.2. The molecular formula is C12H23N3O. The molecule has 0 saturated carbocycles. The van der Waals surface area contributed by atoms with Gasteiger partial charge < -0.3 is 15.5 Å². The number of carbonyl (C=O) groups excluding carboxylic acids is 1. The summed E-state index contributed by atoms with van der Waals surface area (Å²) >= 11 is 0. The van der Waals surface area contributed by atoms with Crippen molar-refractivity contribution in [2.75, 3.05) is 19.6 Å². The lowest BCUT2D eigenvalue weighted by molar-refractivity contribution is -0.136. The fourth-order valence-corrected chi connectivity index (χ4v) is 2.66. The van der Waals surface area contributed by atoms with Crippen LogP contribution in [0.2, 0.25) is 0 Å². The van der Waals surface area contributed by atoms with E-state index >= 15 is 0 Å². The van der Waals surface area contributed by atoms with E-state index in [1.165, 1.54) is 0 Å². The molecule has 2 aliphatic rings. The summed E-state index contributed by atoms with van der Waals surface area (Å²) in [7, 11) is 0. The molecule has 0 aromatic carbocycles. The van der Waals surface area contributed by atoms with E-state index in [1.54, 1.807) is 0 Å². The average Bonchev–Trinajstić information content (AvgIpc) is 2.58. The van der Waals surface area contributed by atoms with Crippen LogP contribution in [0.3, 0.4) is 0 Å². The molecule has 16 heavy (non-hydrogen) atoms. The Bertz CT molecular complexity index is 269. The van der Waals surface area contributed by atoms with Gasteiger partial charge in [0.1, 0.15) is 0 Å². The lowest BCUT2D eigenvalue weighted by atomic mass is 10.0. The zero-order chi connectivity index (χ0) is 11.8. The van der Waals surface area contributed by atoms with Crippen molar-refractivity contribution >= 4 is 5.91 Å². The monoisotopic (exact) mass is 225 g/mol. The van der Waals surface area contributed by atoms with Gasteiger partial charge in [0.05, 0.1) is 6.04 Å². The van der Waals surface area contributed by atoms with E-state index in [9.17, 15) is 4.79 Å². The summed E-state index contributed by atoms with van der Waals surface area (Å²) in [6.07, 6.45) is 2.25. The van der Waals surface area contributed by atoms with Crippen molar-refractivity contribution in [1.29, 1.82) is 0 Å². The zero-order valence-electron chi connectivity index (χ0n) is 10.5. The zero-order valence-corrected chi connectivity index (χ0v) is 10.5. The molecule has 4 heteroatoms. The van der Waals surface area contributed by atoms with Crippen LogP contribution in [-0.2, 0) is 4.79 Å². The number of carbonyl (C=O) groups is 1. The van der Waals surface area contributed by atoms with E-state index in [0.717, 1.165) is 32.5 Å². The Labute approximate surface area is 97.8 Å². The molecule has 0 spiro atoms. The van der Waals surface area contributed by atoms with E-state index in [-0.39, 0.29) is 17.5 Å². The van der Waals surface area contributed by atoms with E-state index in [1.807, 2.05) is 4.90 Å². The van der Waals surface area contributed by atoms with Gasteiger partial charge in [0.25, 0.3) is 0 Å². The molecule has 2 atom stereocenters. The Morgan fingerprint density at radius 3 is 2.56 bits per heavy atom. The minimum Gasteiger partial charge on any atom is -0.336 e. The number of nitrogens with one attached hydrogen (secondary N) is 2. The maximum absolute atomic E-state index is 12.3. The summed E-state index contributed by atoms with van der Waals surface area (Å²) in [6.45, 7) is 9.01. The molecule has 2 heterocycles. The summed E-state index contributed by atoms with van der Waals surface area (Å²) in [5, 5.41) is 6.68. The van der Waals surface area contributed by atoms with Crippen LogP contribution >= 0.6 is 0 Å². The van der Waals surface area contributed by atoms with Crippen molar-refractivity contribution in [3.63, 3.8) is 0 Å². The summed E-state index contributed by atoms with van der Waals surface area (Å²) in [5.41, 5.74) is 0.0435. The van der Waals surface area contributed by atoms with Crippen LogP contribution in [0.25, 0.3) is 0 Å². The average molecular weight is 225 g/mol. The highest BCUT2D eigenvalue weighted by molar-refractivity contribution is 5.83. The SMILES string of the molecule is CC1CNC(C(=O)N2CCCC2(C)C)CN1. The Balaban J connectivity index is 1.97. The predicted molar refractivity (Wildman–Crippen MR) is 64.3 cm³/mol. The molecule has 0 radical (unpaired) electrons. The number of rotatable bonds is 1. The second kappa shape index (κ2) is 4.34. The van der Waals surface area contributed by atoms with Gasteiger partial charge in [-0.15, -0.1) is 0 Å². The third-order valence-corrected chi connectivity index (χ3v) is 3.81. The Morgan fingerprint density at radius 1 is 1.31 bits per heavy atom. The minimum atomic E-state index is -0.0337. The lowest BCUT2D eigenvalue weighted by Crippen LogP contribution is -2.61. The molecule has 0 aromatic heterocycles. The van der Waals surface area contributed by atoms with E-state index in [0.29, 0.717) is 6.04 Å². The number of amides is 1. The lowest BCUT2D eigenvalue weighted by Gasteiger charge is -2.37. The van der Waals surface area contributed by atoms with Gasteiger partial charge in [0, 0.05) is 31.2 Å². The second-order valence-electron chi connectivity index (χ2n) is 5.68. The maximum atomic E-state index is 12.3. The van der Waals surface area contributed by atoms with Crippen molar-refractivity contribution in [3.8, 4) is 0 Å². The number of nitrogens with zero attached hydrogens (tertiary/aromatic N) is 1. The maximum Gasteiger partial charge on any atom is 0.241 e. The number of piperazine rings is 1. The van der Waals surface area contributed by atoms with Crippen LogP contribution in [0.5, 0.6) is 0 Å². The van der Waals surface area contributed by atoms with Gasteiger partial charge in [-0.3, -0.25) is 4.79 Å². The number of hydrogen-bond donors (Lipinski definition) is 2. The quantitative estimate of drug-likeness (QED) is 0.676. The van der Waals surface area contributed by atoms with Gasteiger partial charge in [0.15, 0.2) is 0 Å². The third kappa shape index (κ3) is 2.23. The Hall–Kier alpha value is -0.610.